The zero-order chi connectivity index (χ0) is 29.5. The van der Waals surface area contributed by atoms with E-state index in [-0.39, 0.29) is 5.69 Å². The Balaban J connectivity index is 1.12. The predicted molar refractivity (Wildman–Crippen MR) is 159 cm³/mol. The number of anilines is 2. The Kier molecular flexibility index (Phi) is 9.63. The van der Waals surface area contributed by atoms with Gasteiger partial charge in [-0.25, -0.2) is 9.78 Å². The summed E-state index contributed by atoms with van der Waals surface area (Å²) in [5, 5.41) is 7.39. The molecule has 2 N–H and O–H groups in total. The molecule has 0 saturated carbocycles. The summed E-state index contributed by atoms with van der Waals surface area (Å²) in [6, 6.07) is 17.4. The van der Waals surface area contributed by atoms with Crippen LogP contribution >= 0.6 is 22.9 Å². The molecule has 0 bridgehead atoms. The highest BCUT2D eigenvalue weighted by molar-refractivity contribution is 7.13. The van der Waals surface area contributed by atoms with Crippen molar-refractivity contribution in [3.05, 3.63) is 82.7 Å². The van der Waals surface area contributed by atoms with E-state index in [0.29, 0.717) is 12.3 Å². The predicted octanol–water partition coefficient (Wildman–Crippen LogP) is 7.89. The number of hydrogen-bond donors (Lipinski definition) is 2. The van der Waals surface area contributed by atoms with Crippen molar-refractivity contribution < 1.29 is 27.4 Å². The van der Waals surface area contributed by atoms with E-state index in [1.165, 1.54) is 17.4 Å². The summed E-state index contributed by atoms with van der Waals surface area (Å²) >= 11 is 7.16. The van der Waals surface area contributed by atoms with E-state index in [1.807, 2.05) is 41.8 Å². The summed E-state index contributed by atoms with van der Waals surface area (Å²) in [5.74, 6) is 0.821. The van der Waals surface area contributed by atoms with Crippen molar-refractivity contribution in [3.63, 3.8) is 0 Å². The van der Waals surface area contributed by atoms with Crippen LogP contribution in [0, 0.1) is 0 Å². The number of halogens is 4. The Morgan fingerprint density at radius 2 is 1.64 bits per heavy atom. The lowest BCUT2D eigenvalue weighted by Crippen LogP contribution is -2.37. The number of nitrogens with zero attached hydrogens (tertiary/aromatic N) is 2. The molecule has 220 valence electrons. The maximum absolute atomic E-state index is 13.1. The summed E-state index contributed by atoms with van der Waals surface area (Å²) in [5.41, 5.74) is 2.05. The van der Waals surface area contributed by atoms with Crippen molar-refractivity contribution >= 4 is 40.3 Å². The number of urea groups is 1. The first-order valence-corrected chi connectivity index (χ1v) is 14.5. The van der Waals surface area contributed by atoms with Crippen LogP contribution < -0.4 is 15.4 Å². The van der Waals surface area contributed by atoms with E-state index in [0.717, 1.165) is 79.0 Å². The fraction of sp³-hybridized carbons (Fsp3) is 0.267. The highest BCUT2D eigenvalue weighted by Crippen LogP contribution is 2.36. The lowest BCUT2D eigenvalue weighted by Gasteiger charge is -2.26. The van der Waals surface area contributed by atoms with E-state index in [9.17, 15) is 18.0 Å². The molecule has 1 aromatic heterocycles. The first-order chi connectivity index (χ1) is 20.2. The van der Waals surface area contributed by atoms with Gasteiger partial charge in [0.2, 0.25) is 0 Å². The summed E-state index contributed by atoms with van der Waals surface area (Å²) in [6.07, 6.45) is -3.67. The Hall–Kier alpha value is -3.64. The molecule has 0 unspecified atom stereocenters. The summed E-state index contributed by atoms with van der Waals surface area (Å²) in [7, 11) is 0. The third-order valence-corrected chi connectivity index (χ3v) is 7.79. The minimum absolute atomic E-state index is 0.0285. The van der Waals surface area contributed by atoms with Gasteiger partial charge in [-0.15, -0.1) is 11.3 Å². The fourth-order valence-corrected chi connectivity index (χ4v) is 5.43. The first kappa shape index (κ1) is 29.8. The molecule has 3 aromatic carbocycles. The molecule has 0 spiro atoms. The minimum Gasteiger partial charge on any atom is -0.494 e. The van der Waals surface area contributed by atoms with Crippen LogP contribution in [0.2, 0.25) is 5.02 Å². The average molecular weight is 617 g/mol. The number of hydrogen-bond acceptors (Lipinski definition) is 6. The standard InChI is InChI=1S/C30H28ClF3N4O3S/c31-26-11-8-23(18-25(26)30(32,33)34)36-29(39)35-22-6-2-20(3-7-22)27-19-42-28(37-27)21-4-9-24(10-5-21)41-15-1-12-38-13-16-40-17-14-38/h2-11,18-19H,1,12-17H2,(H2,35,36,39). The van der Waals surface area contributed by atoms with Gasteiger partial charge in [0.1, 0.15) is 10.8 Å². The Bertz CT molecular complexity index is 1490. The van der Waals surface area contributed by atoms with E-state index < -0.39 is 22.8 Å². The minimum atomic E-state index is -4.63. The number of carbonyl (C=O) groups is 1. The number of amides is 2. The van der Waals surface area contributed by atoms with Crippen LogP contribution in [0.5, 0.6) is 5.75 Å². The number of nitrogens with one attached hydrogen (secondary N) is 2. The third-order valence-electron chi connectivity index (χ3n) is 6.56. The van der Waals surface area contributed by atoms with Crippen LogP contribution in [0.4, 0.5) is 29.3 Å². The smallest absolute Gasteiger partial charge is 0.417 e. The van der Waals surface area contributed by atoms with Gasteiger partial charge in [0, 0.05) is 47.5 Å². The Labute approximate surface area is 250 Å². The lowest BCUT2D eigenvalue weighted by molar-refractivity contribution is -0.137. The molecule has 1 aliphatic rings. The van der Waals surface area contributed by atoms with E-state index >= 15 is 0 Å². The third kappa shape index (κ3) is 8.01. The van der Waals surface area contributed by atoms with E-state index in [1.54, 1.807) is 12.1 Å². The van der Waals surface area contributed by atoms with Crippen molar-refractivity contribution in [1.82, 2.24) is 9.88 Å². The van der Waals surface area contributed by atoms with Crippen LogP contribution in [-0.4, -0.2) is 55.4 Å². The molecular weight excluding hydrogens is 589 g/mol. The fourth-order valence-electron chi connectivity index (χ4n) is 4.37. The maximum atomic E-state index is 13.1. The molecule has 1 fully saturated rings. The molecule has 2 amide bonds. The number of thiazole rings is 1. The van der Waals surface area contributed by atoms with Crippen molar-refractivity contribution in [2.24, 2.45) is 0 Å². The molecule has 42 heavy (non-hydrogen) atoms. The van der Waals surface area contributed by atoms with Gasteiger partial charge in [-0.3, -0.25) is 4.90 Å². The van der Waals surface area contributed by atoms with Crippen LogP contribution in [0.1, 0.15) is 12.0 Å². The maximum Gasteiger partial charge on any atom is 0.417 e. The molecular formula is C30H28ClF3N4O3S. The molecule has 1 saturated heterocycles. The lowest BCUT2D eigenvalue weighted by atomic mass is 10.1. The van der Waals surface area contributed by atoms with Gasteiger partial charge in [-0.1, -0.05) is 23.7 Å². The second-order valence-corrected chi connectivity index (χ2v) is 10.8. The van der Waals surface area contributed by atoms with Gasteiger partial charge in [0.25, 0.3) is 0 Å². The van der Waals surface area contributed by atoms with Gasteiger partial charge in [0.05, 0.1) is 36.1 Å². The monoisotopic (exact) mass is 616 g/mol. The molecule has 12 heteroatoms. The highest BCUT2D eigenvalue weighted by Gasteiger charge is 2.33. The molecule has 5 rings (SSSR count). The van der Waals surface area contributed by atoms with Gasteiger partial charge >= 0.3 is 12.2 Å². The van der Waals surface area contributed by atoms with Crippen molar-refractivity contribution in [2.75, 3.05) is 50.1 Å². The van der Waals surface area contributed by atoms with Crippen LogP contribution in [-0.2, 0) is 10.9 Å². The van der Waals surface area contributed by atoms with Crippen molar-refractivity contribution in [3.8, 4) is 27.6 Å². The SMILES string of the molecule is O=C(Nc1ccc(-c2csc(-c3ccc(OCCCN4CCOCC4)cc3)n2)cc1)Nc1ccc(Cl)c(C(F)(F)F)c1. The number of morpholine rings is 1. The van der Waals surface area contributed by atoms with Gasteiger partial charge in [0.15, 0.2) is 0 Å². The van der Waals surface area contributed by atoms with Crippen LogP contribution in [0.25, 0.3) is 21.8 Å². The summed E-state index contributed by atoms with van der Waals surface area (Å²) < 4.78 is 50.5. The van der Waals surface area contributed by atoms with E-state index in [2.05, 4.69) is 15.5 Å². The largest absolute Gasteiger partial charge is 0.494 e. The molecule has 0 atom stereocenters. The normalized spacial score (nSPS) is 14.0. The number of aromatic nitrogens is 1. The number of rotatable bonds is 9. The van der Waals surface area contributed by atoms with Crippen LogP contribution in [0.15, 0.2) is 72.1 Å². The van der Waals surface area contributed by atoms with Gasteiger partial charge in [-0.2, -0.15) is 13.2 Å². The molecule has 2 heterocycles. The molecule has 0 radical (unpaired) electrons. The van der Waals surface area contributed by atoms with E-state index in [4.69, 9.17) is 26.1 Å². The Morgan fingerprint density at radius 3 is 2.36 bits per heavy atom. The number of ether oxygens (including phenoxy) is 2. The average Bonchev–Trinajstić information content (AvgIpc) is 3.47. The topological polar surface area (TPSA) is 75.7 Å². The summed E-state index contributed by atoms with van der Waals surface area (Å²) in [4.78, 5) is 19.5. The first-order valence-electron chi connectivity index (χ1n) is 13.3. The number of alkyl halides is 3. The van der Waals surface area contributed by atoms with Gasteiger partial charge < -0.3 is 20.1 Å². The Morgan fingerprint density at radius 1 is 0.976 bits per heavy atom. The van der Waals surface area contributed by atoms with Gasteiger partial charge in [-0.05, 0) is 61.0 Å². The summed E-state index contributed by atoms with van der Waals surface area (Å²) in [6.45, 7) is 5.21. The zero-order valence-corrected chi connectivity index (χ0v) is 24.0. The van der Waals surface area contributed by atoms with Crippen LogP contribution in [0.3, 0.4) is 0 Å². The molecule has 0 aliphatic carbocycles. The molecule has 1 aliphatic heterocycles. The quantitative estimate of drug-likeness (QED) is 0.187. The number of carbonyl (C=O) groups excluding carboxylic acids is 1. The molecule has 4 aromatic rings. The molecule has 7 nitrogen and oxygen atoms in total. The van der Waals surface area contributed by atoms with Crippen molar-refractivity contribution in [1.29, 1.82) is 0 Å². The number of benzene rings is 3. The van der Waals surface area contributed by atoms with Crippen molar-refractivity contribution in [2.45, 2.75) is 12.6 Å². The highest BCUT2D eigenvalue weighted by atomic mass is 35.5. The second kappa shape index (κ2) is 13.6. The second-order valence-electron chi connectivity index (χ2n) is 9.57. The zero-order valence-electron chi connectivity index (χ0n) is 22.4.